The molecule has 12 heavy (non-hydrogen) atoms. The van der Waals surface area contributed by atoms with Crippen LogP contribution in [0.3, 0.4) is 0 Å². The zero-order valence-electron chi connectivity index (χ0n) is 7.86. The second-order valence-electron chi connectivity index (χ2n) is 2.80. The second-order valence-corrected chi connectivity index (χ2v) is 3.87. The van der Waals surface area contributed by atoms with E-state index < -0.39 is 0 Å². The summed E-state index contributed by atoms with van der Waals surface area (Å²) in [6.45, 7) is 5.43. The minimum absolute atomic E-state index is 1.06. The van der Waals surface area contributed by atoms with Crippen molar-refractivity contribution in [3.05, 3.63) is 18.7 Å². The maximum Gasteiger partial charge on any atom is 0.244 e. The van der Waals surface area contributed by atoms with E-state index >= 15 is 0 Å². The summed E-state index contributed by atoms with van der Waals surface area (Å²) in [5.74, 6) is 2.34. The highest BCUT2D eigenvalue weighted by Crippen LogP contribution is 2.00. The fourth-order valence-corrected chi connectivity index (χ4v) is 1.80. The lowest BCUT2D eigenvalue weighted by Crippen LogP contribution is -2.29. The van der Waals surface area contributed by atoms with Crippen LogP contribution in [-0.4, -0.2) is 10.3 Å². The van der Waals surface area contributed by atoms with E-state index in [-0.39, 0.29) is 0 Å². The van der Waals surface area contributed by atoms with Gasteiger partial charge in [0, 0.05) is 0 Å². The van der Waals surface area contributed by atoms with Gasteiger partial charge in [0.25, 0.3) is 0 Å². The number of nitrogens with zero attached hydrogens (tertiary/aromatic N) is 2. The molecule has 3 heteroatoms. The van der Waals surface area contributed by atoms with E-state index in [0.717, 1.165) is 12.4 Å². The molecule has 2 nitrogen and oxygen atoms in total. The molecule has 0 fully saturated rings. The van der Waals surface area contributed by atoms with Gasteiger partial charge in [-0.15, -0.1) is 11.8 Å². The van der Waals surface area contributed by atoms with Crippen molar-refractivity contribution in [2.45, 2.75) is 32.7 Å². The van der Waals surface area contributed by atoms with Crippen LogP contribution in [0.1, 0.15) is 20.3 Å². The maximum atomic E-state index is 2.23. The van der Waals surface area contributed by atoms with Gasteiger partial charge in [-0.2, -0.15) is 0 Å². The Morgan fingerprint density at radius 3 is 2.83 bits per heavy atom. The predicted octanol–water partition coefficient (Wildman–Crippen LogP) is 1.90. The van der Waals surface area contributed by atoms with E-state index in [1.807, 2.05) is 11.8 Å². The minimum atomic E-state index is 1.06. The molecule has 0 unspecified atom stereocenters. The summed E-state index contributed by atoms with van der Waals surface area (Å²) in [4.78, 5) is 0. The molecule has 0 aliphatic heterocycles. The van der Waals surface area contributed by atoms with Gasteiger partial charge in [0.2, 0.25) is 6.33 Å². The fourth-order valence-electron chi connectivity index (χ4n) is 1.02. The lowest BCUT2D eigenvalue weighted by atomic mass is 10.6. The minimum Gasteiger partial charge on any atom is -0.237 e. The van der Waals surface area contributed by atoms with Crippen LogP contribution in [0.25, 0.3) is 0 Å². The molecule has 0 amide bonds. The molecule has 0 aromatic carbocycles. The van der Waals surface area contributed by atoms with E-state index in [4.69, 9.17) is 0 Å². The lowest BCUT2D eigenvalue weighted by Gasteiger charge is -1.93. The van der Waals surface area contributed by atoms with Crippen molar-refractivity contribution in [2.75, 3.05) is 5.75 Å². The van der Waals surface area contributed by atoms with Gasteiger partial charge in [-0.1, -0.05) is 6.92 Å². The molecular formula is C9H17N2S+. The third-order valence-electron chi connectivity index (χ3n) is 1.70. The first-order valence-corrected chi connectivity index (χ1v) is 5.64. The van der Waals surface area contributed by atoms with Gasteiger partial charge in [-0.05, 0) is 19.1 Å². The Balaban J connectivity index is 2.31. The molecule has 0 N–H and O–H groups in total. The molecule has 0 saturated heterocycles. The monoisotopic (exact) mass is 185 g/mol. The largest absolute Gasteiger partial charge is 0.244 e. The van der Waals surface area contributed by atoms with Gasteiger partial charge < -0.3 is 0 Å². The van der Waals surface area contributed by atoms with Crippen LogP contribution in [0.5, 0.6) is 0 Å². The van der Waals surface area contributed by atoms with Gasteiger partial charge in [0.1, 0.15) is 18.3 Å². The zero-order chi connectivity index (χ0) is 8.81. The Bertz CT molecular complexity index is 220. The molecular weight excluding hydrogens is 168 g/mol. The van der Waals surface area contributed by atoms with E-state index in [1.165, 1.54) is 12.2 Å². The first kappa shape index (κ1) is 9.65. The highest BCUT2D eigenvalue weighted by Gasteiger charge is 1.99. The quantitative estimate of drug-likeness (QED) is 0.503. The molecule has 1 aromatic heterocycles. The van der Waals surface area contributed by atoms with Crippen LogP contribution in [0.15, 0.2) is 18.7 Å². The Hall–Kier alpha value is -0.440. The topological polar surface area (TPSA) is 8.81 Å². The zero-order valence-corrected chi connectivity index (χ0v) is 8.68. The van der Waals surface area contributed by atoms with Crippen LogP contribution in [0.4, 0.5) is 0 Å². The summed E-state index contributed by atoms with van der Waals surface area (Å²) < 4.78 is 4.41. The van der Waals surface area contributed by atoms with Crippen molar-refractivity contribution >= 4 is 11.8 Å². The van der Waals surface area contributed by atoms with Crippen LogP contribution in [0, 0.1) is 0 Å². The van der Waals surface area contributed by atoms with E-state index in [2.05, 4.69) is 41.7 Å². The average Bonchev–Trinajstić information content (AvgIpc) is 2.53. The number of imidazole rings is 1. The summed E-state index contributed by atoms with van der Waals surface area (Å²) in [5, 5.41) is 0. The molecule has 68 valence electrons. The smallest absolute Gasteiger partial charge is 0.237 e. The fraction of sp³-hybridized carbons (Fsp3) is 0.667. The van der Waals surface area contributed by atoms with Crippen LogP contribution in [0.2, 0.25) is 0 Å². The Kier molecular flexibility index (Phi) is 4.22. The van der Waals surface area contributed by atoms with Crippen LogP contribution >= 0.6 is 11.8 Å². The third kappa shape index (κ3) is 2.89. The number of thioether (sulfide) groups is 1. The highest BCUT2D eigenvalue weighted by atomic mass is 32.2. The van der Waals surface area contributed by atoms with E-state index in [1.54, 1.807) is 0 Å². The van der Waals surface area contributed by atoms with Gasteiger partial charge in [0.15, 0.2) is 0 Å². The lowest BCUT2D eigenvalue weighted by molar-refractivity contribution is -0.675. The summed E-state index contributed by atoms with van der Waals surface area (Å²) in [5.41, 5.74) is 0. The van der Waals surface area contributed by atoms with Crippen LogP contribution < -0.4 is 4.57 Å². The maximum absolute atomic E-state index is 2.23. The predicted molar refractivity (Wildman–Crippen MR) is 53.1 cm³/mol. The molecule has 1 heterocycles. The summed E-state index contributed by atoms with van der Waals surface area (Å²) in [6, 6.07) is 0. The van der Waals surface area contributed by atoms with Gasteiger partial charge in [-0.3, -0.25) is 0 Å². The first-order valence-electron chi connectivity index (χ1n) is 4.49. The third-order valence-corrected chi connectivity index (χ3v) is 2.88. The number of hydrogen-bond donors (Lipinski definition) is 0. The summed E-state index contributed by atoms with van der Waals surface area (Å²) >= 11 is 1.98. The van der Waals surface area contributed by atoms with Crippen molar-refractivity contribution in [1.29, 1.82) is 0 Å². The molecule has 0 atom stereocenters. The van der Waals surface area contributed by atoms with Gasteiger partial charge in [-0.25, -0.2) is 9.13 Å². The van der Waals surface area contributed by atoms with E-state index in [0.29, 0.717) is 0 Å². The van der Waals surface area contributed by atoms with E-state index in [9.17, 15) is 0 Å². The molecule has 0 saturated carbocycles. The normalized spacial score (nSPS) is 10.5. The Morgan fingerprint density at radius 2 is 2.25 bits per heavy atom. The second kappa shape index (κ2) is 5.25. The molecule has 0 spiro atoms. The average molecular weight is 185 g/mol. The molecule has 0 aliphatic carbocycles. The SMILES string of the molecule is CCCSC[n+]1ccn(CC)c1. The highest BCUT2D eigenvalue weighted by molar-refractivity contribution is 7.98. The molecule has 1 rings (SSSR count). The number of hydrogen-bond acceptors (Lipinski definition) is 1. The molecule has 0 aliphatic rings. The van der Waals surface area contributed by atoms with Gasteiger partial charge in [0.05, 0.1) is 6.54 Å². The molecule has 0 radical (unpaired) electrons. The number of aromatic nitrogens is 2. The summed E-state index contributed by atoms with van der Waals surface area (Å²) in [6.07, 6.45) is 7.67. The number of aryl methyl sites for hydroxylation is 1. The van der Waals surface area contributed by atoms with Crippen molar-refractivity contribution in [3.63, 3.8) is 0 Å². The Morgan fingerprint density at radius 1 is 1.42 bits per heavy atom. The van der Waals surface area contributed by atoms with Crippen molar-refractivity contribution in [2.24, 2.45) is 0 Å². The first-order chi connectivity index (χ1) is 5.86. The molecule has 1 aromatic rings. The van der Waals surface area contributed by atoms with Gasteiger partial charge >= 0.3 is 0 Å². The molecule has 0 bridgehead atoms. The summed E-state index contributed by atoms with van der Waals surface area (Å²) in [7, 11) is 0. The number of rotatable bonds is 5. The standard InChI is InChI=1S/C9H17N2S/c1-3-7-12-9-11-6-5-10(4-2)8-11/h5-6,8H,3-4,7,9H2,1-2H3/q+1. The Labute approximate surface area is 78.6 Å². The van der Waals surface area contributed by atoms with Crippen molar-refractivity contribution in [1.82, 2.24) is 4.57 Å². The van der Waals surface area contributed by atoms with Crippen molar-refractivity contribution in [3.8, 4) is 0 Å². The van der Waals surface area contributed by atoms with Crippen molar-refractivity contribution < 1.29 is 4.57 Å². The van der Waals surface area contributed by atoms with Crippen LogP contribution in [-0.2, 0) is 12.4 Å².